The molecule has 26 heavy (non-hydrogen) atoms. The zero-order chi connectivity index (χ0) is 18.1. The van der Waals surface area contributed by atoms with Crippen LogP contribution in [-0.4, -0.2) is 31.2 Å². The summed E-state index contributed by atoms with van der Waals surface area (Å²) in [7, 11) is 3.26. The van der Waals surface area contributed by atoms with Crippen LogP contribution in [0.1, 0.15) is 28.0 Å². The number of H-pyrrole nitrogens is 1. The van der Waals surface area contributed by atoms with Crippen LogP contribution in [0, 0.1) is 0 Å². The van der Waals surface area contributed by atoms with Crippen LogP contribution >= 0.6 is 0 Å². The number of hydrogen-bond donors (Lipinski definition) is 2. The number of ether oxygens (including phenoxy) is 2. The molecule has 1 unspecified atom stereocenters. The molecule has 3 aromatic rings. The number of rotatable bonds is 4. The van der Waals surface area contributed by atoms with Crippen LogP contribution in [0.3, 0.4) is 0 Å². The number of fused-ring (bicyclic) bond motifs is 3. The van der Waals surface area contributed by atoms with Crippen molar-refractivity contribution in [2.75, 3.05) is 14.2 Å². The summed E-state index contributed by atoms with van der Waals surface area (Å²) in [5, 5.41) is 4.35. The molecule has 1 aromatic heterocycles. The van der Waals surface area contributed by atoms with E-state index in [1.54, 1.807) is 26.4 Å². The molecule has 0 saturated heterocycles. The average molecular weight is 350 g/mol. The van der Waals surface area contributed by atoms with Gasteiger partial charge in [-0.05, 0) is 55.2 Å². The van der Waals surface area contributed by atoms with E-state index in [9.17, 15) is 4.79 Å². The molecule has 2 aromatic carbocycles. The Morgan fingerprint density at radius 2 is 2.00 bits per heavy atom. The van der Waals surface area contributed by atoms with Gasteiger partial charge >= 0.3 is 0 Å². The van der Waals surface area contributed by atoms with E-state index in [2.05, 4.69) is 22.4 Å². The van der Waals surface area contributed by atoms with E-state index in [1.165, 1.54) is 16.6 Å². The number of nitrogens with one attached hydrogen (secondary N) is 2. The number of aryl methyl sites for hydroxylation is 1. The summed E-state index contributed by atoms with van der Waals surface area (Å²) in [6.45, 7) is 0. The maximum atomic E-state index is 12.7. The van der Waals surface area contributed by atoms with Crippen molar-refractivity contribution in [3.05, 3.63) is 59.3 Å². The van der Waals surface area contributed by atoms with E-state index >= 15 is 0 Å². The van der Waals surface area contributed by atoms with E-state index in [0.29, 0.717) is 11.3 Å². The van der Waals surface area contributed by atoms with Crippen molar-refractivity contribution in [3.8, 4) is 11.5 Å². The third-order valence-electron chi connectivity index (χ3n) is 5.08. The zero-order valence-electron chi connectivity index (χ0n) is 15.0. The first kappa shape index (κ1) is 16.5. The highest BCUT2D eigenvalue weighted by atomic mass is 16.5. The Balaban J connectivity index is 1.57. The quantitative estimate of drug-likeness (QED) is 0.757. The van der Waals surface area contributed by atoms with Crippen LogP contribution in [0.15, 0.2) is 42.5 Å². The normalized spacial score (nSPS) is 16.2. The molecule has 0 saturated carbocycles. The molecule has 0 fully saturated rings. The van der Waals surface area contributed by atoms with E-state index in [0.717, 1.165) is 30.5 Å². The fraction of sp³-hybridized carbons (Fsp3) is 0.286. The molecule has 0 bridgehead atoms. The summed E-state index contributed by atoms with van der Waals surface area (Å²) in [6.07, 6.45) is 2.64. The fourth-order valence-electron chi connectivity index (χ4n) is 3.74. The smallest absolute Gasteiger partial charge is 0.255 e. The Morgan fingerprint density at radius 3 is 2.81 bits per heavy atom. The number of carbonyl (C=O) groups is 1. The van der Waals surface area contributed by atoms with Crippen LogP contribution in [0.25, 0.3) is 10.9 Å². The van der Waals surface area contributed by atoms with E-state index < -0.39 is 0 Å². The van der Waals surface area contributed by atoms with E-state index in [4.69, 9.17) is 9.47 Å². The van der Waals surface area contributed by atoms with Gasteiger partial charge in [-0.3, -0.25) is 4.79 Å². The second-order valence-electron chi connectivity index (χ2n) is 6.61. The largest absolute Gasteiger partial charge is 0.497 e. The molecule has 134 valence electrons. The second-order valence-corrected chi connectivity index (χ2v) is 6.61. The number of aromatic nitrogens is 1. The van der Waals surface area contributed by atoms with E-state index in [1.807, 2.05) is 18.2 Å². The van der Waals surface area contributed by atoms with Gasteiger partial charge in [0.1, 0.15) is 11.5 Å². The minimum absolute atomic E-state index is 0.0895. The number of para-hydroxylation sites is 1. The summed E-state index contributed by atoms with van der Waals surface area (Å²) in [6, 6.07) is 13.5. The summed E-state index contributed by atoms with van der Waals surface area (Å²) >= 11 is 0. The first-order chi connectivity index (χ1) is 12.7. The standard InChI is InChI=1S/C21H22N2O3/c1-25-14-8-10-19-17(12-14)16-11-13(7-9-18(16)23-19)22-21(24)15-5-3-4-6-20(15)26-2/h3-6,8,10,12-13,23H,7,9,11H2,1-2H3,(H,22,24). The van der Waals surface area contributed by atoms with Crippen LogP contribution in [0.2, 0.25) is 0 Å². The second kappa shape index (κ2) is 6.75. The van der Waals surface area contributed by atoms with Crippen molar-refractivity contribution >= 4 is 16.8 Å². The van der Waals surface area contributed by atoms with Gasteiger partial charge in [0.05, 0.1) is 19.8 Å². The minimum Gasteiger partial charge on any atom is -0.497 e. The average Bonchev–Trinajstić information content (AvgIpc) is 3.05. The molecular weight excluding hydrogens is 328 g/mol. The van der Waals surface area contributed by atoms with E-state index in [-0.39, 0.29) is 11.9 Å². The molecule has 1 amide bonds. The highest BCUT2D eigenvalue weighted by Crippen LogP contribution is 2.31. The first-order valence-corrected chi connectivity index (χ1v) is 8.81. The Hall–Kier alpha value is -2.95. The predicted molar refractivity (Wildman–Crippen MR) is 101 cm³/mol. The van der Waals surface area contributed by atoms with Crippen LogP contribution in [0.4, 0.5) is 0 Å². The molecule has 1 aliphatic carbocycles. The Bertz CT molecular complexity index is 961. The molecule has 5 nitrogen and oxygen atoms in total. The molecule has 0 radical (unpaired) electrons. The Kier molecular flexibility index (Phi) is 4.29. The lowest BCUT2D eigenvalue weighted by Gasteiger charge is -2.24. The van der Waals surface area contributed by atoms with Gasteiger partial charge in [0.25, 0.3) is 5.91 Å². The first-order valence-electron chi connectivity index (χ1n) is 8.81. The van der Waals surface area contributed by atoms with Gasteiger partial charge in [-0.1, -0.05) is 12.1 Å². The van der Waals surface area contributed by atoms with Crippen LogP contribution in [0.5, 0.6) is 11.5 Å². The predicted octanol–water partition coefficient (Wildman–Crippen LogP) is 3.47. The molecule has 2 N–H and O–H groups in total. The van der Waals surface area contributed by atoms with Crippen LogP contribution < -0.4 is 14.8 Å². The number of aromatic amines is 1. The van der Waals surface area contributed by atoms with Gasteiger partial charge in [0, 0.05) is 22.6 Å². The van der Waals surface area contributed by atoms with Gasteiger partial charge in [-0.25, -0.2) is 0 Å². The zero-order valence-corrected chi connectivity index (χ0v) is 15.0. The highest BCUT2D eigenvalue weighted by molar-refractivity contribution is 5.97. The number of hydrogen-bond acceptors (Lipinski definition) is 3. The summed E-state index contributed by atoms with van der Waals surface area (Å²) < 4.78 is 10.7. The fourth-order valence-corrected chi connectivity index (χ4v) is 3.74. The van der Waals surface area contributed by atoms with Crippen LogP contribution in [-0.2, 0) is 12.8 Å². The molecule has 1 heterocycles. The highest BCUT2D eigenvalue weighted by Gasteiger charge is 2.25. The summed E-state index contributed by atoms with van der Waals surface area (Å²) in [5.41, 5.74) is 4.22. The van der Waals surface area contributed by atoms with Crippen molar-refractivity contribution < 1.29 is 14.3 Å². The topological polar surface area (TPSA) is 63.3 Å². The lowest BCUT2D eigenvalue weighted by atomic mass is 9.91. The maximum absolute atomic E-state index is 12.7. The Labute approximate surface area is 152 Å². The molecular formula is C21H22N2O3. The number of methoxy groups -OCH3 is 2. The van der Waals surface area contributed by atoms with Crippen molar-refractivity contribution in [2.24, 2.45) is 0 Å². The Morgan fingerprint density at radius 1 is 1.15 bits per heavy atom. The molecule has 1 aliphatic rings. The third kappa shape index (κ3) is 2.90. The van der Waals surface area contributed by atoms with Gasteiger partial charge in [0.2, 0.25) is 0 Å². The van der Waals surface area contributed by atoms with Crippen molar-refractivity contribution in [1.29, 1.82) is 0 Å². The lowest BCUT2D eigenvalue weighted by molar-refractivity contribution is 0.0930. The molecule has 4 rings (SSSR count). The number of carbonyl (C=O) groups excluding carboxylic acids is 1. The minimum atomic E-state index is -0.0895. The van der Waals surface area contributed by atoms with Crippen molar-refractivity contribution in [2.45, 2.75) is 25.3 Å². The maximum Gasteiger partial charge on any atom is 0.255 e. The monoisotopic (exact) mass is 350 g/mol. The molecule has 5 heteroatoms. The van der Waals surface area contributed by atoms with Gasteiger partial charge < -0.3 is 19.8 Å². The number of amides is 1. The van der Waals surface area contributed by atoms with Gasteiger partial charge in [-0.2, -0.15) is 0 Å². The van der Waals surface area contributed by atoms with Gasteiger partial charge in [0.15, 0.2) is 0 Å². The molecule has 1 atom stereocenters. The van der Waals surface area contributed by atoms with Crippen molar-refractivity contribution in [3.63, 3.8) is 0 Å². The summed E-state index contributed by atoms with van der Waals surface area (Å²) in [5.74, 6) is 1.35. The SMILES string of the molecule is COc1ccc2[nH]c3c(c2c1)CC(NC(=O)c1ccccc1OC)CC3. The number of benzene rings is 2. The molecule has 0 aliphatic heterocycles. The van der Waals surface area contributed by atoms with Crippen molar-refractivity contribution in [1.82, 2.24) is 10.3 Å². The lowest BCUT2D eigenvalue weighted by Crippen LogP contribution is -2.38. The summed E-state index contributed by atoms with van der Waals surface area (Å²) in [4.78, 5) is 16.2. The molecule has 0 spiro atoms. The third-order valence-corrected chi connectivity index (χ3v) is 5.08. The van der Waals surface area contributed by atoms with Gasteiger partial charge in [-0.15, -0.1) is 0 Å².